The number of carbonyl (C=O) groups is 2. The van der Waals surface area contributed by atoms with E-state index in [1.54, 1.807) is 0 Å². The minimum Gasteiger partial charge on any atom is -0.550 e. The molecule has 0 aromatic heterocycles. The van der Waals surface area contributed by atoms with Crippen molar-refractivity contribution in [2.75, 3.05) is 0 Å². The second-order valence-corrected chi connectivity index (χ2v) is 5.31. The third kappa shape index (κ3) is 7.90. The number of carboxylic acids is 2. The van der Waals surface area contributed by atoms with Crippen LogP contribution in [0, 0.1) is 11.8 Å². The topological polar surface area (TPSA) is 80.3 Å². The van der Waals surface area contributed by atoms with Crippen LogP contribution in [0.3, 0.4) is 0 Å². The molecular weight excluding hydrogens is 433 g/mol. The van der Waals surface area contributed by atoms with Gasteiger partial charge in [-0.15, -0.1) is 0 Å². The average Bonchev–Trinajstić information content (AvgIpc) is 2.41. The van der Waals surface area contributed by atoms with E-state index < -0.39 is 11.9 Å². The molecule has 2 fully saturated rings. The van der Waals surface area contributed by atoms with E-state index in [-0.39, 0.29) is 39.5 Å². The van der Waals surface area contributed by atoms with Crippen molar-refractivity contribution in [3.05, 3.63) is 0 Å². The molecule has 2 aliphatic carbocycles. The number of hydrogen-bond donors (Lipinski definition) is 0. The summed E-state index contributed by atoms with van der Waals surface area (Å²) in [6.45, 7) is 0. The second kappa shape index (κ2) is 10.6. The number of hydrogen-bond acceptors (Lipinski definition) is 4. The van der Waals surface area contributed by atoms with Crippen LogP contribution in [0.2, 0.25) is 0 Å². The predicted molar refractivity (Wildman–Crippen MR) is 63.2 cm³/mol. The molecule has 0 aliphatic heterocycles. The van der Waals surface area contributed by atoms with Crippen LogP contribution in [0.4, 0.5) is 0 Å². The molecule has 0 bridgehead atoms. The fourth-order valence-corrected chi connectivity index (χ4v) is 2.68. The van der Waals surface area contributed by atoms with Crippen molar-refractivity contribution in [2.45, 2.75) is 64.2 Å². The molecular formula is C14H22HgO4. The maximum atomic E-state index is 10.2. The van der Waals surface area contributed by atoms with Crippen LogP contribution in [-0.2, 0) is 37.3 Å². The van der Waals surface area contributed by atoms with Crippen molar-refractivity contribution >= 4 is 11.9 Å². The van der Waals surface area contributed by atoms with Crippen LogP contribution in [0.15, 0.2) is 0 Å². The van der Waals surface area contributed by atoms with Gasteiger partial charge in [-0.1, -0.05) is 38.5 Å². The Morgan fingerprint density at radius 2 is 0.895 bits per heavy atom. The molecule has 0 heterocycles. The van der Waals surface area contributed by atoms with E-state index in [0.717, 1.165) is 51.4 Å². The number of carbonyl (C=O) groups excluding carboxylic acids is 2. The Kier molecular flexibility index (Phi) is 10.6. The number of rotatable bonds is 2. The molecule has 4 nitrogen and oxygen atoms in total. The zero-order chi connectivity index (χ0) is 13.4. The molecule has 2 aliphatic rings. The Morgan fingerprint density at radius 3 is 1.05 bits per heavy atom. The van der Waals surface area contributed by atoms with Gasteiger partial charge in [0.15, 0.2) is 0 Å². The summed E-state index contributed by atoms with van der Waals surface area (Å²) in [5, 5.41) is 20.5. The molecule has 0 atom stereocenters. The fourth-order valence-electron chi connectivity index (χ4n) is 2.68. The first-order chi connectivity index (χ1) is 8.61. The van der Waals surface area contributed by atoms with Gasteiger partial charge in [0.2, 0.25) is 0 Å². The molecule has 19 heavy (non-hydrogen) atoms. The fraction of sp³-hybridized carbons (Fsp3) is 0.857. The summed E-state index contributed by atoms with van der Waals surface area (Å²) in [4.78, 5) is 20.5. The minimum absolute atomic E-state index is 0. The van der Waals surface area contributed by atoms with Gasteiger partial charge in [-0.05, 0) is 37.5 Å². The maximum absolute atomic E-state index is 10.2. The van der Waals surface area contributed by atoms with Crippen molar-refractivity contribution in [1.82, 2.24) is 0 Å². The number of carboxylic acid groups (broad SMARTS) is 2. The van der Waals surface area contributed by atoms with E-state index >= 15 is 0 Å². The van der Waals surface area contributed by atoms with Crippen LogP contribution in [0.25, 0.3) is 0 Å². The van der Waals surface area contributed by atoms with Crippen LogP contribution in [-0.4, -0.2) is 11.9 Å². The first kappa shape index (κ1) is 18.9. The quantitative estimate of drug-likeness (QED) is 0.573. The van der Waals surface area contributed by atoms with Crippen molar-refractivity contribution in [2.24, 2.45) is 11.8 Å². The zero-order valence-corrected chi connectivity index (χ0v) is 17.1. The van der Waals surface area contributed by atoms with Gasteiger partial charge >= 0.3 is 27.7 Å². The van der Waals surface area contributed by atoms with Crippen molar-refractivity contribution in [3.8, 4) is 0 Å². The molecule has 0 aromatic rings. The molecule has 0 amide bonds. The molecule has 0 spiro atoms. The van der Waals surface area contributed by atoms with Gasteiger partial charge in [0.05, 0.1) is 0 Å². The molecule has 104 valence electrons. The van der Waals surface area contributed by atoms with Gasteiger partial charge in [-0.2, -0.15) is 0 Å². The Balaban J connectivity index is 0.000000324. The SMILES string of the molecule is O=C([O-])C1CCCCC1.O=C([O-])C1CCCCC1.[Hg+2]. The summed E-state index contributed by atoms with van der Waals surface area (Å²) in [6, 6.07) is 0. The molecule has 5 heteroatoms. The van der Waals surface area contributed by atoms with Crippen LogP contribution < -0.4 is 10.2 Å². The zero-order valence-electron chi connectivity index (χ0n) is 11.6. The molecule has 0 aromatic carbocycles. The summed E-state index contributed by atoms with van der Waals surface area (Å²) < 4.78 is 0. The first-order valence-corrected chi connectivity index (χ1v) is 7.03. The first-order valence-electron chi connectivity index (χ1n) is 7.03. The van der Waals surface area contributed by atoms with E-state index in [2.05, 4.69) is 0 Å². The number of aliphatic carboxylic acids is 2. The summed E-state index contributed by atoms with van der Waals surface area (Å²) in [5.41, 5.74) is 0. The Bertz CT molecular complexity index is 241. The summed E-state index contributed by atoms with van der Waals surface area (Å²) >= 11 is 0. The standard InChI is InChI=1S/2C7H12O2.Hg/c2*8-7(9)6-4-2-1-3-5-6;/h2*6H,1-5H2,(H,8,9);/q;;+2/p-2. The average molecular weight is 455 g/mol. The Labute approximate surface area is 135 Å². The van der Waals surface area contributed by atoms with E-state index in [9.17, 15) is 19.8 Å². The summed E-state index contributed by atoms with van der Waals surface area (Å²) in [5.74, 6) is -1.98. The maximum Gasteiger partial charge on any atom is 2.00 e. The summed E-state index contributed by atoms with van der Waals surface area (Å²) in [7, 11) is 0. The smallest absolute Gasteiger partial charge is 0.550 e. The third-order valence-corrected chi connectivity index (χ3v) is 3.88. The molecule has 0 radical (unpaired) electrons. The van der Waals surface area contributed by atoms with Crippen molar-refractivity contribution in [1.29, 1.82) is 0 Å². The van der Waals surface area contributed by atoms with Crippen LogP contribution >= 0.6 is 0 Å². The Hall–Kier alpha value is -0.125. The normalized spacial score (nSPS) is 20.6. The van der Waals surface area contributed by atoms with Gasteiger partial charge in [0, 0.05) is 11.9 Å². The predicted octanol–water partition coefficient (Wildman–Crippen LogP) is 0.631. The monoisotopic (exact) mass is 456 g/mol. The summed E-state index contributed by atoms with van der Waals surface area (Å²) in [6.07, 6.45) is 10.0. The van der Waals surface area contributed by atoms with E-state index in [1.807, 2.05) is 0 Å². The molecule has 0 saturated heterocycles. The van der Waals surface area contributed by atoms with Gasteiger partial charge in [-0.25, -0.2) is 0 Å². The van der Waals surface area contributed by atoms with Gasteiger partial charge < -0.3 is 19.8 Å². The minimum atomic E-state index is -0.852. The molecule has 0 unspecified atom stereocenters. The van der Waals surface area contributed by atoms with Gasteiger partial charge in [0.1, 0.15) is 0 Å². The van der Waals surface area contributed by atoms with E-state index in [0.29, 0.717) is 0 Å². The third-order valence-electron chi connectivity index (χ3n) is 3.88. The van der Waals surface area contributed by atoms with Crippen molar-refractivity contribution in [3.63, 3.8) is 0 Å². The molecule has 2 saturated carbocycles. The van der Waals surface area contributed by atoms with Crippen LogP contribution in [0.5, 0.6) is 0 Å². The van der Waals surface area contributed by atoms with E-state index in [4.69, 9.17) is 0 Å². The largest absolute Gasteiger partial charge is 2.00 e. The van der Waals surface area contributed by atoms with Crippen LogP contribution in [0.1, 0.15) is 64.2 Å². The van der Waals surface area contributed by atoms with Crippen molar-refractivity contribution < 1.29 is 47.5 Å². The molecule has 0 N–H and O–H groups in total. The second-order valence-electron chi connectivity index (χ2n) is 5.31. The van der Waals surface area contributed by atoms with E-state index in [1.165, 1.54) is 12.8 Å². The Morgan fingerprint density at radius 1 is 0.632 bits per heavy atom. The van der Waals surface area contributed by atoms with Gasteiger partial charge in [0.25, 0.3) is 0 Å². The molecule has 2 rings (SSSR count). The van der Waals surface area contributed by atoms with Gasteiger partial charge in [-0.3, -0.25) is 0 Å².